The van der Waals surface area contributed by atoms with E-state index >= 15 is 0 Å². The molecule has 1 aliphatic carbocycles. The van der Waals surface area contributed by atoms with Gasteiger partial charge in [-0.15, -0.1) is 0 Å². The average Bonchev–Trinajstić information content (AvgIpc) is 3.47. The number of rotatable bonds is 8. The summed E-state index contributed by atoms with van der Waals surface area (Å²) in [4.78, 5) is 4.73. The molecule has 0 spiro atoms. The van der Waals surface area contributed by atoms with E-state index in [0.29, 0.717) is 41.6 Å². The first-order valence-electron chi connectivity index (χ1n) is 13.5. The minimum Gasteiger partial charge on any atom is -0.490 e. The summed E-state index contributed by atoms with van der Waals surface area (Å²) in [5.41, 5.74) is 6.72. The average molecular weight is 535 g/mol. The minimum atomic E-state index is 0.282. The van der Waals surface area contributed by atoms with Gasteiger partial charge in [0.1, 0.15) is 6.61 Å². The highest BCUT2D eigenvalue weighted by Gasteiger charge is 2.37. The van der Waals surface area contributed by atoms with E-state index in [0.717, 1.165) is 23.2 Å². The summed E-state index contributed by atoms with van der Waals surface area (Å²) in [5, 5.41) is 4.49. The monoisotopic (exact) mass is 534 g/mol. The summed E-state index contributed by atoms with van der Waals surface area (Å²) >= 11 is 6.28. The van der Waals surface area contributed by atoms with Gasteiger partial charge in [-0.05, 0) is 78.4 Å². The Labute approximate surface area is 235 Å². The molecular weight excluding hydrogens is 504 g/mol. The molecule has 0 fully saturated rings. The summed E-state index contributed by atoms with van der Waals surface area (Å²) in [6.07, 6.45) is 7.66. The topological polar surface area (TPSA) is 42.8 Å². The van der Waals surface area contributed by atoms with E-state index in [-0.39, 0.29) is 6.04 Å². The third-order valence-electron chi connectivity index (χ3n) is 7.50. The van der Waals surface area contributed by atoms with Crippen molar-refractivity contribution in [2.75, 3.05) is 11.9 Å². The van der Waals surface area contributed by atoms with Crippen LogP contribution in [0.2, 0.25) is 5.02 Å². The van der Waals surface area contributed by atoms with E-state index in [2.05, 4.69) is 66.0 Å². The standard InChI is InChI=1S/C34H31ClN2O2/c1-2-38-33-20-23(14-19-32(33)39-22-25-8-3-5-12-30(25)35)21-36-26-17-15-24(16-18-26)34-29-11-7-10-27(29)28-9-4-6-13-31(28)37-34/h3-10,12-21,27,29,34,37H,2,11,22H2,1H3/t27-,29-,34+/m1/s1. The highest BCUT2D eigenvalue weighted by atomic mass is 35.5. The van der Waals surface area contributed by atoms with E-state index in [1.54, 1.807) is 0 Å². The van der Waals surface area contributed by atoms with Crippen molar-refractivity contribution < 1.29 is 9.47 Å². The van der Waals surface area contributed by atoms with Crippen molar-refractivity contribution in [3.8, 4) is 11.5 Å². The van der Waals surface area contributed by atoms with Crippen LogP contribution in [0.5, 0.6) is 11.5 Å². The third kappa shape index (κ3) is 5.43. The molecule has 0 saturated carbocycles. The van der Waals surface area contributed by atoms with Crippen LogP contribution in [0.4, 0.5) is 11.4 Å². The quantitative estimate of drug-likeness (QED) is 0.181. The summed E-state index contributed by atoms with van der Waals surface area (Å²) in [7, 11) is 0. The van der Waals surface area contributed by atoms with E-state index in [1.807, 2.05) is 55.6 Å². The Hall–Kier alpha value is -4.02. The molecule has 39 heavy (non-hydrogen) atoms. The Morgan fingerprint density at radius 3 is 2.59 bits per heavy atom. The predicted octanol–water partition coefficient (Wildman–Crippen LogP) is 8.89. The summed E-state index contributed by atoms with van der Waals surface area (Å²) in [6, 6.07) is 31.1. The second kappa shape index (κ2) is 11.4. The van der Waals surface area contributed by atoms with Crippen LogP contribution in [-0.4, -0.2) is 12.8 Å². The molecule has 1 aliphatic heterocycles. The number of nitrogens with one attached hydrogen (secondary N) is 1. The molecule has 4 aromatic carbocycles. The van der Waals surface area contributed by atoms with Crippen molar-refractivity contribution in [1.82, 2.24) is 0 Å². The van der Waals surface area contributed by atoms with Gasteiger partial charge in [0.05, 0.1) is 18.3 Å². The van der Waals surface area contributed by atoms with Gasteiger partial charge in [-0.25, -0.2) is 0 Å². The molecular formula is C34H31ClN2O2. The molecule has 0 amide bonds. The number of halogens is 1. The number of nitrogens with zero attached hydrogens (tertiary/aromatic N) is 1. The maximum absolute atomic E-state index is 6.28. The summed E-state index contributed by atoms with van der Waals surface area (Å²) in [6.45, 7) is 2.88. The summed E-state index contributed by atoms with van der Waals surface area (Å²) < 4.78 is 11.9. The molecule has 2 aliphatic rings. The maximum Gasteiger partial charge on any atom is 0.161 e. The number of fused-ring (bicyclic) bond motifs is 3. The first-order chi connectivity index (χ1) is 19.2. The molecule has 0 radical (unpaired) electrons. The zero-order chi connectivity index (χ0) is 26.6. The second-order valence-electron chi connectivity index (χ2n) is 9.93. The van der Waals surface area contributed by atoms with Gasteiger partial charge in [0.2, 0.25) is 0 Å². The van der Waals surface area contributed by atoms with Crippen LogP contribution in [0.1, 0.15) is 47.6 Å². The molecule has 5 heteroatoms. The van der Waals surface area contributed by atoms with E-state index in [4.69, 9.17) is 26.1 Å². The minimum absolute atomic E-state index is 0.282. The fourth-order valence-corrected chi connectivity index (χ4v) is 5.74. The molecule has 3 atom stereocenters. The third-order valence-corrected chi connectivity index (χ3v) is 7.86. The predicted molar refractivity (Wildman–Crippen MR) is 160 cm³/mol. The molecule has 4 aromatic rings. The molecule has 196 valence electrons. The van der Waals surface area contributed by atoms with Crippen molar-refractivity contribution in [3.63, 3.8) is 0 Å². The van der Waals surface area contributed by atoms with Crippen LogP contribution in [0.25, 0.3) is 0 Å². The van der Waals surface area contributed by atoms with Crippen LogP contribution < -0.4 is 14.8 Å². The lowest BCUT2D eigenvalue weighted by Gasteiger charge is -2.37. The number of hydrogen-bond acceptors (Lipinski definition) is 4. The second-order valence-corrected chi connectivity index (χ2v) is 10.3. The van der Waals surface area contributed by atoms with Crippen LogP contribution in [0.3, 0.4) is 0 Å². The van der Waals surface area contributed by atoms with E-state index < -0.39 is 0 Å². The Morgan fingerprint density at radius 1 is 0.923 bits per heavy atom. The molecule has 0 saturated heterocycles. The number of anilines is 1. The van der Waals surface area contributed by atoms with E-state index in [1.165, 1.54) is 16.8 Å². The normalized spacial score (nSPS) is 19.4. The van der Waals surface area contributed by atoms with Gasteiger partial charge in [0.15, 0.2) is 11.5 Å². The zero-order valence-corrected chi connectivity index (χ0v) is 22.6. The van der Waals surface area contributed by atoms with Crippen molar-refractivity contribution in [3.05, 3.63) is 130 Å². The van der Waals surface area contributed by atoms with Crippen LogP contribution in [-0.2, 0) is 6.61 Å². The molecule has 1 N–H and O–H groups in total. The summed E-state index contributed by atoms with van der Waals surface area (Å²) in [5.74, 6) is 2.37. The fraction of sp³-hybridized carbons (Fsp3) is 0.206. The SMILES string of the molecule is CCOc1cc(C=Nc2ccc([C@@H]3Nc4ccccc4[C@H]4C=CC[C@H]43)cc2)ccc1OCc1ccccc1Cl. The van der Waals surface area contributed by atoms with Crippen LogP contribution in [0.15, 0.2) is 108 Å². The molecule has 4 nitrogen and oxygen atoms in total. The maximum atomic E-state index is 6.28. The Kier molecular flexibility index (Phi) is 7.38. The van der Waals surface area contributed by atoms with Crippen molar-refractivity contribution in [2.24, 2.45) is 10.9 Å². The zero-order valence-electron chi connectivity index (χ0n) is 21.9. The highest BCUT2D eigenvalue weighted by Crippen LogP contribution is 2.49. The number of ether oxygens (including phenoxy) is 2. The Balaban J connectivity index is 1.15. The number of hydrogen-bond donors (Lipinski definition) is 1. The first kappa shape index (κ1) is 25.3. The van der Waals surface area contributed by atoms with Crippen molar-refractivity contribution >= 4 is 29.2 Å². The van der Waals surface area contributed by atoms with Crippen molar-refractivity contribution in [2.45, 2.75) is 31.9 Å². The Morgan fingerprint density at radius 2 is 1.74 bits per heavy atom. The van der Waals surface area contributed by atoms with Crippen LogP contribution in [0, 0.1) is 5.92 Å². The first-order valence-corrected chi connectivity index (χ1v) is 13.9. The largest absolute Gasteiger partial charge is 0.490 e. The van der Waals surface area contributed by atoms with Gasteiger partial charge in [0.25, 0.3) is 0 Å². The molecule has 1 heterocycles. The number of para-hydroxylation sites is 1. The van der Waals surface area contributed by atoms with Crippen molar-refractivity contribution in [1.29, 1.82) is 0 Å². The smallest absolute Gasteiger partial charge is 0.161 e. The van der Waals surface area contributed by atoms with Gasteiger partial charge in [-0.2, -0.15) is 0 Å². The van der Waals surface area contributed by atoms with Gasteiger partial charge in [0, 0.05) is 28.4 Å². The lowest BCUT2D eigenvalue weighted by molar-refractivity contribution is 0.269. The van der Waals surface area contributed by atoms with Gasteiger partial charge in [-0.3, -0.25) is 4.99 Å². The van der Waals surface area contributed by atoms with Gasteiger partial charge < -0.3 is 14.8 Å². The molecule has 6 rings (SSSR count). The molecule has 0 aromatic heterocycles. The molecule has 0 unspecified atom stereocenters. The number of aliphatic imine (C=N–C) groups is 1. The van der Waals surface area contributed by atoms with Gasteiger partial charge in [-0.1, -0.05) is 72.3 Å². The lowest BCUT2D eigenvalue weighted by Crippen LogP contribution is -2.28. The van der Waals surface area contributed by atoms with E-state index in [9.17, 15) is 0 Å². The number of allylic oxidation sites excluding steroid dienone is 2. The van der Waals surface area contributed by atoms with Crippen LogP contribution >= 0.6 is 11.6 Å². The highest BCUT2D eigenvalue weighted by molar-refractivity contribution is 6.31. The lowest BCUT2D eigenvalue weighted by atomic mass is 9.77. The fourth-order valence-electron chi connectivity index (χ4n) is 5.55. The Bertz CT molecular complexity index is 1510. The van der Waals surface area contributed by atoms with Gasteiger partial charge >= 0.3 is 0 Å². The number of benzene rings is 4. The molecule has 0 bridgehead atoms.